The van der Waals surface area contributed by atoms with Crippen molar-refractivity contribution in [2.24, 2.45) is 0 Å². The fourth-order valence-corrected chi connectivity index (χ4v) is 6.84. The predicted molar refractivity (Wildman–Crippen MR) is 221 cm³/mol. The van der Waals surface area contributed by atoms with Crippen molar-refractivity contribution in [1.82, 2.24) is 24.2 Å². The van der Waals surface area contributed by atoms with E-state index >= 15 is 0 Å². The Hall–Kier alpha value is -5.96. The van der Waals surface area contributed by atoms with Gasteiger partial charge in [-0.25, -0.2) is 15.0 Å². The number of fused-ring (bicyclic) bond motifs is 2. The first-order valence-electron chi connectivity index (χ1n) is 17.1. The van der Waals surface area contributed by atoms with Crippen molar-refractivity contribution in [3.8, 4) is 11.5 Å². The Morgan fingerprint density at radius 2 is 1.14 bits per heavy atom. The van der Waals surface area contributed by atoms with Crippen LogP contribution in [0.25, 0.3) is 21.8 Å². The fourth-order valence-electron chi connectivity index (χ4n) is 6.08. The highest BCUT2D eigenvalue weighted by molar-refractivity contribution is 9.10. The normalized spacial score (nSPS) is 10.8. The molecule has 7 rings (SSSR count). The minimum atomic E-state index is -0.491. The third-order valence-corrected chi connectivity index (χ3v) is 9.75. The van der Waals surface area contributed by atoms with Crippen molar-refractivity contribution in [3.05, 3.63) is 173 Å². The molecule has 0 aliphatic rings. The largest absolute Gasteiger partial charge is 0.493 e. The third-order valence-electron chi connectivity index (χ3n) is 8.87. The SMILES string of the molecule is CON(C)C(=O)c1cn(Cc2cccc(Br)n2)c2ccccc2c1=O.COc1ccc(C(=O)c2cn(Cc3cccc(Br)n3)c3ccccc3c2=O)cc1OC. The van der Waals surface area contributed by atoms with Crippen LogP contribution in [-0.4, -0.2) is 64.2 Å². The van der Waals surface area contributed by atoms with E-state index in [9.17, 15) is 19.2 Å². The molecule has 0 aliphatic heterocycles. The summed E-state index contributed by atoms with van der Waals surface area (Å²) in [7, 11) is 5.87. The quantitative estimate of drug-likeness (QED) is 0.0789. The number of nitrogens with zero attached hydrogens (tertiary/aromatic N) is 5. The lowest BCUT2D eigenvalue weighted by molar-refractivity contribution is -0.0758. The summed E-state index contributed by atoms with van der Waals surface area (Å²) >= 11 is 6.74. The second-order valence-corrected chi connectivity index (χ2v) is 13.9. The van der Waals surface area contributed by atoms with Crippen LogP contribution in [0.5, 0.6) is 11.5 Å². The number of methoxy groups -OCH3 is 2. The number of benzene rings is 3. The Morgan fingerprint density at radius 1 is 0.643 bits per heavy atom. The van der Waals surface area contributed by atoms with Gasteiger partial charge in [-0.05, 0) is 98.6 Å². The molecule has 12 nitrogen and oxygen atoms in total. The van der Waals surface area contributed by atoms with Gasteiger partial charge in [-0.1, -0.05) is 36.4 Å². The molecule has 284 valence electrons. The van der Waals surface area contributed by atoms with Gasteiger partial charge in [-0.15, -0.1) is 0 Å². The maximum Gasteiger partial charge on any atom is 0.282 e. The summed E-state index contributed by atoms with van der Waals surface area (Å²) in [4.78, 5) is 65.5. The van der Waals surface area contributed by atoms with Crippen LogP contribution in [-0.2, 0) is 17.9 Å². The van der Waals surface area contributed by atoms with Crippen LogP contribution in [0.4, 0.5) is 0 Å². The van der Waals surface area contributed by atoms with Crippen molar-refractivity contribution in [1.29, 1.82) is 0 Å². The minimum Gasteiger partial charge on any atom is -0.493 e. The molecule has 0 atom stereocenters. The molecular formula is C42H35Br2N5O7. The Bertz CT molecular complexity index is 2710. The number of hydrogen-bond donors (Lipinski definition) is 0. The van der Waals surface area contributed by atoms with Gasteiger partial charge < -0.3 is 18.6 Å². The molecule has 0 radical (unpaired) electrons. The van der Waals surface area contributed by atoms with Crippen molar-refractivity contribution in [3.63, 3.8) is 0 Å². The fraction of sp³-hybridized carbons (Fsp3) is 0.143. The molecule has 0 saturated carbocycles. The number of halogens is 2. The van der Waals surface area contributed by atoms with E-state index in [0.717, 1.165) is 36.7 Å². The lowest BCUT2D eigenvalue weighted by atomic mass is 10.0. The van der Waals surface area contributed by atoms with Gasteiger partial charge in [0.2, 0.25) is 10.9 Å². The number of carbonyl (C=O) groups is 2. The van der Waals surface area contributed by atoms with Gasteiger partial charge in [-0.3, -0.25) is 24.0 Å². The molecule has 0 bridgehead atoms. The number of ketones is 1. The molecule has 1 amide bonds. The van der Waals surface area contributed by atoms with Crippen LogP contribution in [0, 0.1) is 0 Å². The average Bonchev–Trinajstić information content (AvgIpc) is 3.22. The van der Waals surface area contributed by atoms with Crippen molar-refractivity contribution in [2.75, 3.05) is 28.4 Å². The lowest BCUT2D eigenvalue weighted by Gasteiger charge is -2.16. The number of hydroxylamine groups is 2. The van der Waals surface area contributed by atoms with Crippen LogP contribution in [0.1, 0.15) is 37.7 Å². The molecule has 0 spiro atoms. The van der Waals surface area contributed by atoms with E-state index in [1.54, 1.807) is 54.9 Å². The molecule has 14 heteroatoms. The third kappa shape index (κ3) is 8.62. The summed E-state index contributed by atoms with van der Waals surface area (Å²) in [5, 5.41) is 1.99. The van der Waals surface area contributed by atoms with Crippen molar-refractivity contribution >= 4 is 65.4 Å². The zero-order chi connectivity index (χ0) is 39.9. The van der Waals surface area contributed by atoms with E-state index in [4.69, 9.17) is 14.3 Å². The maximum absolute atomic E-state index is 13.3. The van der Waals surface area contributed by atoms with E-state index in [0.29, 0.717) is 40.9 Å². The second kappa shape index (κ2) is 17.7. The van der Waals surface area contributed by atoms with Crippen molar-refractivity contribution in [2.45, 2.75) is 13.1 Å². The molecule has 3 aromatic carbocycles. The Balaban J connectivity index is 0.000000194. The van der Waals surface area contributed by atoms with E-state index in [1.807, 2.05) is 69.8 Å². The summed E-state index contributed by atoms with van der Waals surface area (Å²) in [6.45, 7) is 0.837. The van der Waals surface area contributed by atoms with Gasteiger partial charge >= 0.3 is 0 Å². The minimum absolute atomic E-state index is 0.0537. The highest BCUT2D eigenvalue weighted by atomic mass is 79.9. The zero-order valence-electron chi connectivity index (χ0n) is 30.7. The van der Waals surface area contributed by atoms with Crippen LogP contribution in [0.2, 0.25) is 0 Å². The van der Waals surface area contributed by atoms with Gasteiger partial charge in [0.05, 0.1) is 62.4 Å². The van der Waals surface area contributed by atoms with E-state index in [2.05, 4.69) is 41.8 Å². The summed E-state index contributed by atoms with van der Waals surface area (Å²) in [5.41, 5.74) is 2.94. The standard InChI is InChI=1S/C24H19BrN2O4.C18H16BrN3O3/c1-30-20-11-10-15(12-21(20)31-2)23(28)18-14-27(13-16-6-5-9-22(25)26-16)19-8-4-3-7-17(19)24(18)29;1-21(25-2)18(24)14-11-22(10-12-6-5-9-16(19)20-12)15-8-4-3-7-13(15)17(14)23/h3-12,14H,13H2,1-2H3;3-9,11H,10H2,1-2H3. The molecule has 4 aromatic heterocycles. The summed E-state index contributed by atoms with van der Waals surface area (Å²) < 4.78 is 15.7. The number of hydrogen-bond acceptors (Lipinski definition) is 9. The number of para-hydroxylation sites is 2. The molecule has 4 heterocycles. The summed E-state index contributed by atoms with van der Waals surface area (Å²) in [6, 6.07) is 30.6. The molecule has 0 aliphatic carbocycles. The molecule has 0 fully saturated rings. The first kappa shape index (κ1) is 39.7. The number of ether oxygens (including phenoxy) is 2. The second-order valence-electron chi connectivity index (χ2n) is 12.3. The lowest BCUT2D eigenvalue weighted by Crippen LogP contribution is -2.31. The summed E-state index contributed by atoms with van der Waals surface area (Å²) in [5.74, 6) is 0.0605. The molecular weight excluding hydrogens is 846 g/mol. The topological polar surface area (TPSA) is 135 Å². The van der Waals surface area contributed by atoms with E-state index in [-0.39, 0.29) is 27.8 Å². The van der Waals surface area contributed by atoms with Gasteiger partial charge in [0.1, 0.15) is 14.8 Å². The maximum atomic E-state index is 13.3. The Kier molecular flexibility index (Phi) is 12.5. The number of rotatable bonds is 10. The molecule has 0 unspecified atom stereocenters. The van der Waals surface area contributed by atoms with Crippen LogP contribution in [0.15, 0.2) is 134 Å². The molecule has 7 aromatic rings. The zero-order valence-corrected chi connectivity index (χ0v) is 33.9. The van der Waals surface area contributed by atoms with Crippen molar-refractivity contribution < 1.29 is 23.9 Å². The smallest absolute Gasteiger partial charge is 0.282 e. The predicted octanol–water partition coefficient (Wildman–Crippen LogP) is 7.30. The number of pyridine rings is 4. The Morgan fingerprint density at radius 3 is 1.64 bits per heavy atom. The molecule has 56 heavy (non-hydrogen) atoms. The number of aromatic nitrogens is 4. The highest BCUT2D eigenvalue weighted by Gasteiger charge is 2.21. The average molecular weight is 882 g/mol. The highest BCUT2D eigenvalue weighted by Crippen LogP contribution is 2.28. The molecule has 0 N–H and O–H groups in total. The van der Waals surface area contributed by atoms with Crippen LogP contribution in [0.3, 0.4) is 0 Å². The monoisotopic (exact) mass is 879 g/mol. The first-order valence-corrected chi connectivity index (χ1v) is 18.7. The summed E-state index contributed by atoms with van der Waals surface area (Å²) in [6.07, 6.45) is 3.16. The van der Waals surface area contributed by atoms with Crippen LogP contribution < -0.4 is 20.3 Å². The first-order chi connectivity index (χ1) is 27.0. The van der Waals surface area contributed by atoms with Crippen LogP contribution >= 0.6 is 31.9 Å². The molecule has 0 saturated heterocycles. The van der Waals surface area contributed by atoms with Gasteiger partial charge in [0.25, 0.3) is 5.91 Å². The van der Waals surface area contributed by atoms with Gasteiger partial charge in [-0.2, -0.15) is 0 Å². The van der Waals surface area contributed by atoms with E-state index in [1.165, 1.54) is 28.4 Å². The number of amides is 1. The Labute approximate surface area is 338 Å². The van der Waals surface area contributed by atoms with Gasteiger partial charge in [0, 0.05) is 35.8 Å². The van der Waals surface area contributed by atoms with E-state index < -0.39 is 5.91 Å². The number of carbonyl (C=O) groups excluding carboxylic acids is 2. The van der Waals surface area contributed by atoms with Gasteiger partial charge in [0.15, 0.2) is 17.3 Å².